The van der Waals surface area contributed by atoms with Crippen LogP contribution in [0.4, 0.5) is 5.82 Å². The van der Waals surface area contributed by atoms with Crippen molar-refractivity contribution in [1.82, 2.24) is 15.5 Å². The largest absolute Gasteiger partial charge is 0.497 e. The molecule has 1 amide bonds. The molecular formula is C26H30N4O3. The fraction of sp³-hybridized carbons (Fsp3) is 0.346. The molecule has 1 aromatic heterocycles. The molecule has 33 heavy (non-hydrogen) atoms. The number of carbonyl (C=O) groups is 1. The van der Waals surface area contributed by atoms with Crippen molar-refractivity contribution in [2.75, 3.05) is 32.2 Å². The Morgan fingerprint density at radius 1 is 1.00 bits per heavy atom. The Morgan fingerprint density at radius 2 is 1.76 bits per heavy atom. The van der Waals surface area contributed by atoms with Gasteiger partial charge < -0.3 is 19.7 Å². The molecule has 0 radical (unpaired) electrons. The maximum absolute atomic E-state index is 12.8. The van der Waals surface area contributed by atoms with Crippen LogP contribution < -0.4 is 19.7 Å². The lowest BCUT2D eigenvalue weighted by atomic mass is 9.95. The zero-order valence-electron chi connectivity index (χ0n) is 19.4. The Morgan fingerprint density at radius 3 is 2.39 bits per heavy atom. The predicted molar refractivity (Wildman–Crippen MR) is 129 cm³/mol. The van der Waals surface area contributed by atoms with Crippen LogP contribution in [0.15, 0.2) is 54.6 Å². The molecule has 0 aliphatic carbocycles. The molecule has 0 saturated carbocycles. The van der Waals surface area contributed by atoms with Crippen LogP contribution in [0, 0.1) is 12.8 Å². The number of piperidine rings is 1. The number of ether oxygens (including phenoxy) is 2. The van der Waals surface area contributed by atoms with E-state index in [-0.39, 0.29) is 11.8 Å². The van der Waals surface area contributed by atoms with Gasteiger partial charge in [0.2, 0.25) is 5.91 Å². The molecule has 1 N–H and O–H groups in total. The second-order valence-electron chi connectivity index (χ2n) is 8.30. The number of nitrogens with zero attached hydrogens (tertiary/aromatic N) is 3. The van der Waals surface area contributed by atoms with Gasteiger partial charge in [0.05, 0.1) is 19.9 Å². The molecule has 0 spiro atoms. The van der Waals surface area contributed by atoms with Crippen molar-refractivity contribution < 1.29 is 14.3 Å². The molecule has 0 atom stereocenters. The van der Waals surface area contributed by atoms with Crippen LogP contribution in [0.25, 0.3) is 11.3 Å². The number of hydrogen-bond donors (Lipinski definition) is 1. The first kappa shape index (κ1) is 22.6. The third-order valence-corrected chi connectivity index (χ3v) is 6.13. The molecule has 3 aromatic rings. The SMILES string of the molecule is COc1ccc(OC)c(CNC(=O)C2CCN(c3ccc(-c4ccc(C)cc4)nn3)CC2)c1. The highest BCUT2D eigenvalue weighted by molar-refractivity contribution is 5.79. The highest BCUT2D eigenvalue weighted by atomic mass is 16.5. The van der Waals surface area contributed by atoms with Gasteiger partial charge in [-0.05, 0) is 50.1 Å². The van der Waals surface area contributed by atoms with Crippen molar-refractivity contribution in [3.63, 3.8) is 0 Å². The van der Waals surface area contributed by atoms with Crippen molar-refractivity contribution in [3.8, 4) is 22.8 Å². The standard InChI is InChI=1S/C26H30N4O3/c1-18-4-6-19(7-5-18)23-9-11-25(29-28-23)30-14-12-20(13-15-30)26(31)27-17-21-16-22(32-2)8-10-24(21)33-3/h4-11,16,20H,12-15,17H2,1-3H3,(H,27,31). The van der Waals surface area contributed by atoms with E-state index in [0.717, 1.165) is 60.1 Å². The van der Waals surface area contributed by atoms with E-state index in [4.69, 9.17) is 9.47 Å². The number of nitrogens with one attached hydrogen (secondary N) is 1. The Balaban J connectivity index is 1.30. The minimum Gasteiger partial charge on any atom is -0.497 e. The summed E-state index contributed by atoms with van der Waals surface area (Å²) in [5.74, 6) is 2.38. The van der Waals surface area contributed by atoms with Crippen LogP contribution in [-0.4, -0.2) is 43.4 Å². The highest BCUT2D eigenvalue weighted by Gasteiger charge is 2.26. The molecule has 1 aliphatic heterocycles. The lowest BCUT2D eigenvalue weighted by Crippen LogP contribution is -2.40. The second kappa shape index (κ2) is 10.3. The summed E-state index contributed by atoms with van der Waals surface area (Å²) in [6.07, 6.45) is 1.56. The number of hydrogen-bond acceptors (Lipinski definition) is 6. The van der Waals surface area contributed by atoms with E-state index < -0.39 is 0 Å². The first-order valence-electron chi connectivity index (χ1n) is 11.2. The summed E-state index contributed by atoms with van der Waals surface area (Å²) < 4.78 is 10.7. The molecule has 7 nitrogen and oxygen atoms in total. The third-order valence-electron chi connectivity index (χ3n) is 6.13. The third kappa shape index (κ3) is 5.42. The highest BCUT2D eigenvalue weighted by Crippen LogP contribution is 2.26. The topological polar surface area (TPSA) is 76.6 Å². The number of amides is 1. The number of aryl methyl sites for hydroxylation is 1. The number of methoxy groups -OCH3 is 2. The summed E-state index contributed by atoms with van der Waals surface area (Å²) in [5, 5.41) is 11.9. The van der Waals surface area contributed by atoms with Gasteiger partial charge in [-0.2, -0.15) is 0 Å². The molecule has 172 valence electrons. The van der Waals surface area contributed by atoms with Crippen molar-refractivity contribution in [1.29, 1.82) is 0 Å². The number of anilines is 1. The van der Waals surface area contributed by atoms with E-state index in [2.05, 4.69) is 51.6 Å². The van der Waals surface area contributed by atoms with E-state index in [0.29, 0.717) is 6.54 Å². The lowest BCUT2D eigenvalue weighted by Gasteiger charge is -2.31. The van der Waals surface area contributed by atoms with E-state index in [9.17, 15) is 4.79 Å². The van der Waals surface area contributed by atoms with Crippen LogP contribution in [0.1, 0.15) is 24.0 Å². The normalized spacial score (nSPS) is 14.1. The van der Waals surface area contributed by atoms with Crippen molar-refractivity contribution in [3.05, 3.63) is 65.7 Å². The minimum atomic E-state index is -0.0161. The zero-order chi connectivity index (χ0) is 23.2. The van der Waals surface area contributed by atoms with Gasteiger partial charge in [-0.15, -0.1) is 10.2 Å². The average Bonchev–Trinajstić information content (AvgIpc) is 2.87. The van der Waals surface area contributed by atoms with Crippen LogP contribution >= 0.6 is 0 Å². The molecule has 7 heteroatoms. The van der Waals surface area contributed by atoms with E-state index in [1.165, 1.54) is 5.56 Å². The first-order valence-corrected chi connectivity index (χ1v) is 11.2. The van der Waals surface area contributed by atoms with Crippen molar-refractivity contribution >= 4 is 11.7 Å². The summed E-state index contributed by atoms with van der Waals surface area (Å²) in [6, 6.07) is 17.9. The number of carbonyl (C=O) groups excluding carboxylic acids is 1. The number of rotatable bonds is 7. The second-order valence-corrected chi connectivity index (χ2v) is 8.30. The Kier molecular flexibility index (Phi) is 7.07. The monoisotopic (exact) mass is 446 g/mol. The van der Waals surface area contributed by atoms with Gasteiger partial charge in [0.15, 0.2) is 5.82 Å². The maximum atomic E-state index is 12.8. The number of benzene rings is 2. The molecule has 1 saturated heterocycles. The van der Waals surface area contributed by atoms with Crippen molar-refractivity contribution in [2.24, 2.45) is 5.92 Å². The van der Waals surface area contributed by atoms with Crippen LogP contribution in [-0.2, 0) is 11.3 Å². The summed E-state index contributed by atoms with van der Waals surface area (Å²) in [6.45, 7) is 4.03. The van der Waals surface area contributed by atoms with Gasteiger partial charge in [0.25, 0.3) is 0 Å². The van der Waals surface area contributed by atoms with Gasteiger partial charge in [0, 0.05) is 36.7 Å². The quantitative estimate of drug-likeness (QED) is 0.591. The number of aromatic nitrogens is 2. The summed E-state index contributed by atoms with van der Waals surface area (Å²) in [7, 11) is 3.25. The zero-order valence-corrected chi connectivity index (χ0v) is 19.4. The van der Waals surface area contributed by atoms with Crippen LogP contribution in [0.3, 0.4) is 0 Å². The van der Waals surface area contributed by atoms with E-state index >= 15 is 0 Å². The van der Waals surface area contributed by atoms with Gasteiger partial charge >= 0.3 is 0 Å². The molecule has 2 heterocycles. The average molecular weight is 447 g/mol. The molecule has 0 bridgehead atoms. The smallest absolute Gasteiger partial charge is 0.223 e. The van der Waals surface area contributed by atoms with Crippen LogP contribution in [0.5, 0.6) is 11.5 Å². The molecule has 0 unspecified atom stereocenters. The molecule has 1 aliphatic rings. The molecular weight excluding hydrogens is 416 g/mol. The molecule has 1 fully saturated rings. The van der Waals surface area contributed by atoms with Crippen molar-refractivity contribution in [2.45, 2.75) is 26.3 Å². The fourth-order valence-electron chi connectivity index (χ4n) is 4.09. The van der Waals surface area contributed by atoms with Crippen LogP contribution in [0.2, 0.25) is 0 Å². The lowest BCUT2D eigenvalue weighted by molar-refractivity contribution is -0.125. The maximum Gasteiger partial charge on any atom is 0.223 e. The Hall–Kier alpha value is -3.61. The molecule has 2 aromatic carbocycles. The molecule has 4 rings (SSSR count). The predicted octanol–water partition coefficient (Wildman–Crippen LogP) is 4.00. The van der Waals surface area contributed by atoms with Gasteiger partial charge in [-0.3, -0.25) is 4.79 Å². The fourth-order valence-corrected chi connectivity index (χ4v) is 4.09. The Bertz CT molecular complexity index is 1080. The summed E-state index contributed by atoms with van der Waals surface area (Å²) >= 11 is 0. The Labute approximate surface area is 194 Å². The van der Waals surface area contributed by atoms with Gasteiger partial charge in [0.1, 0.15) is 11.5 Å². The summed E-state index contributed by atoms with van der Waals surface area (Å²) in [4.78, 5) is 15.0. The van der Waals surface area contributed by atoms with Gasteiger partial charge in [-0.1, -0.05) is 29.8 Å². The van der Waals surface area contributed by atoms with Gasteiger partial charge in [-0.25, -0.2) is 0 Å². The minimum absolute atomic E-state index is 0.0161. The first-order chi connectivity index (χ1) is 16.1. The van der Waals surface area contributed by atoms with E-state index in [1.807, 2.05) is 30.3 Å². The summed E-state index contributed by atoms with van der Waals surface area (Å²) in [5.41, 5.74) is 4.04. The van der Waals surface area contributed by atoms with E-state index in [1.54, 1.807) is 14.2 Å².